The number of ether oxygens (including phenoxy) is 1. The first-order chi connectivity index (χ1) is 9.61. The zero-order chi connectivity index (χ0) is 16.1. The number of carbonyl (C=O) groups excluding carboxylic acids is 1. The van der Waals surface area contributed by atoms with Crippen molar-refractivity contribution in [3.8, 4) is 0 Å². The second-order valence-electron chi connectivity index (χ2n) is 7.00. The number of nitrogens with zero attached hydrogens (tertiary/aromatic N) is 1. The lowest BCUT2D eigenvalue weighted by Crippen LogP contribution is -2.27. The topological polar surface area (TPSA) is 71.5 Å². The highest BCUT2D eigenvalue weighted by molar-refractivity contribution is 5.83. The van der Waals surface area contributed by atoms with Gasteiger partial charge < -0.3 is 9.84 Å². The number of rotatable bonds is 5. The lowest BCUT2D eigenvalue weighted by molar-refractivity contribution is 0.0635. The van der Waals surface area contributed by atoms with Crippen molar-refractivity contribution in [3.05, 3.63) is 23.9 Å². The summed E-state index contributed by atoms with van der Waals surface area (Å²) in [5, 5.41) is 11.9. The maximum Gasteiger partial charge on any atom is 0.413 e. The lowest BCUT2D eigenvalue weighted by atomic mass is 9.87. The first kappa shape index (κ1) is 17.4. The summed E-state index contributed by atoms with van der Waals surface area (Å²) in [6.07, 6.45) is 2.83. The van der Waals surface area contributed by atoms with Crippen LogP contribution < -0.4 is 5.32 Å². The Morgan fingerprint density at radius 1 is 1.33 bits per heavy atom. The van der Waals surface area contributed by atoms with Gasteiger partial charge >= 0.3 is 6.09 Å². The van der Waals surface area contributed by atoms with Crippen molar-refractivity contribution in [3.63, 3.8) is 0 Å². The molecule has 5 heteroatoms. The number of hydrogen-bond acceptors (Lipinski definition) is 4. The Bertz CT molecular complexity index is 479. The molecule has 0 saturated carbocycles. The van der Waals surface area contributed by atoms with E-state index in [-0.39, 0.29) is 12.0 Å². The van der Waals surface area contributed by atoms with Crippen LogP contribution in [0.25, 0.3) is 0 Å². The molecule has 0 aliphatic carbocycles. The van der Waals surface area contributed by atoms with Crippen LogP contribution in [0.5, 0.6) is 0 Å². The molecule has 118 valence electrons. The second-order valence-corrected chi connectivity index (χ2v) is 7.00. The third-order valence-electron chi connectivity index (χ3n) is 2.97. The fourth-order valence-corrected chi connectivity index (χ4v) is 1.67. The Balaban J connectivity index is 2.62. The molecule has 1 aromatic rings. The Hall–Kier alpha value is -1.62. The summed E-state index contributed by atoms with van der Waals surface area (Å²) in [5.41, 5.74) is 0.423. The summed E-state index contributed by atoms with van der Waals surface area (Å²) in [7, 11) is 0. The summed E-state index contributed by atoms with van der Waals surface area (Å²) >= 11 is 0. The van der Waals surface area contributed by atoms with Gasteiger partial charge in [0.15, 0.2) is 0 Å². The fraction of sp³-hybridized carbons (Fsp3) is 0.625. The molecule has 0 fully saturated rings. The second kappa shape index (κ2) is 6.89. The molecule has 0 unspecified atom stereocenters. The molecule has 0 atom stereocenters. The van der Waals surface area contributed by atoms with Crippen LogP contribution in [0.4, 0.5) is 10.6 Å². The average molecular weight is 294 g/mol. The monoisotopic (exact) mass is 294 g/mol. The molecular formula is C16H26N2O3. The Morgan fingerprint density at radius 2 is 2.00 bits per heavy atom. The number of hydrogen-bond donors (Lipinski definition) is 2. The number of amides is 1. The van der Waals surface area contributed by atoms with Gasteiger partial charge in [-0.05, 0) is 56.7 Å². The molecule has 0 saturated heterocycles. The van der Waals surface area contributed by atoms with E-state index >= 15 is 0 Å². The van der Waals surface area contributed by atoms with Gasteiger partial charge in [0, 0.05) is 12.8 Å². The highest BCUT2D eigenvalue weighted by Crippen LogP contribution is 2.22. The van der Waals surface area contributed by atoms with Crippen molar-refractivity contribution < 1.29 is 14.6 Å². The normalized spacial score (nSPS) is 12.1. The fourth-order valence-electron chi connectivity index (χ4n) is 1.67. The molecular weight excluding hydrogens is 268 g/mol. The van der Waals surface area contributed by atoms with Crippen LogP contribution in [-0.2, 0) is 11.2 Å². The minimum absolute atomic E-state index is 0.109. The molecule has 0 aromatic carbocycles. The van der Waals surface area contributed by atoms with Gasteiger partial charge in [0.05, 0.1) is 0 Å². The minimum Gasteiger partial charge on any atom is -0.444 e. The number of aliphatic hydroxyl groups excluding tert-OH is 1. The van der Waals surface area contributed by atoms with Gasteiger partial charge in [0.1, 0.15) is 11.4 Å². The molecule has 1 amide bonds. The number of anilines is 1. The standard InChI is InChI=1S/C16H26N2O3/c1-15(2,3)21-14(20)18-13-10-12(7-9-17-13)6-8-16(4,5)11-19/h7,9-10,19H,6,8,11H2,1-5H3,(H,17,18,20). The largest absolute Gasteiger partial charge is 0.444 e. The van der Waals surface area contributed by atoms with Crippen molar-refractivity contribution >= 4 is 11.9 Å². The van der Waals surface area contributed by atoms with Crippen LogP contribution in [0, 0.1) is 5.41 Å². The SMILES string of the molecule is CC(C)(CO)CCc1ccnc(NC(=O)OC(C)(C)C)c1. The van der Waals surface area contributed by atoms with Crippen LogP contribution in [0.15, 0.2) is 18.3 Å². The molecule has 2 N–H and O–H groups in total. The van der Waals surface area contributed by atoms with E-state index in [1.165, 1.54) is 0 Å². The van der Waals surface area contributed by atoms with Crippen LogP contribution in [0.1, 0.15) is 46.6 Å². The van der Waals surface area contributed by atoms with Gasteiger partial charge in [-0.15, -0.1) is 0 Å². The van der Waals surface area contributed by atoms with Crippen LogP contribution in [0.3, 0.4) is 0 Å². The Kier molecular flexibility index (Phi) is 5.72. The lowest BCUT2D eigenvalue weighted by Gasteiger charge is -2.21. The van der Waals surface area contributed by atoms with E-state index < -0.39 is 11.7 Å². The average Bonchev–Trinajstić information content (AvgIpc) is 2.34. The quantitative estimate of drug-likeness (QED) is 0.873. The zero-order valence-corrected chi connectivity index (χ0v) is 13.6. The Morgan fingerprint density at radius 3 is 2.57 bits per heavy atom. The predicted molar refractivity (Wildman–Crippen MR) is 83.3 cm³/mol. The summed E-state index contributed by atoms with van der Waals surface area (Å²) in [5.74, 6) is 0.476. The molecule has 1 heterocycles. The van der Waals surface area contributed by atoms with Crippen molar-refractivity contribution in [1.82, 2.24) is 4.98 Å². The van der Waals surface area contributed by atoms with E-state index in [1.54, 1.807) is 6.20 Å². The highest BCUT2D eigenvalue weighted by Gasteiger charge is 2.18. The summed E-state index contributed by atoms with van der Waals surface area (Å²) < 4.78 is 5.19. The number of aromatic nitrogens is 1. The van der Waals surface area contributed by atoms with E-state index in [1.807, 2.05) is 46.8 Å². The van der Waals surface area contributed by atoms with E-state index in [4.69, 9.17) is 4.74 Å². The van der Waals surface area contributed by atoms with E-state index in [0.29, 0.717) is 5.82 Å². The number of carbonyl (C=O) groups is 1. The minimum atomic E-state index is -0.535. The smallest absolute Gasteiger partial charge is 0.413 e. The summed E-state index contributed by atoms with van der Waals surface area (Å²) in [4.78, 5) is 15.8. The molecule has 1 aromatic heterocycles. The summed E-state index contributed by atoms with van der Waals surface area (Å²) in [6.45, 7) is 9.64. The number of aryl methyl sites for hydroxylation is 1. The van der Waals surface area contributed by atoms with Crippen molar-refractivity contribution in [2.45, 2.75) is 53.1 Å². The molecule has 0 bridgehead atoms. The van der Waals surface area contributed by atoms with E-state index in [9.17, 15) is 9.90 Å². The maximum absolute atomic E-state index is 11.7. The molecule has 0 aliphatic heterocycles. The predicted octanol–water partition coefficient (Wildman–Crippen LogP) is 3.38. The van der Waals surface area contributed by atoms with Gasteiger partial charge in [-0.3, -0.25) is 5.32 Å². The van der Waals surface area contributed by atoms with E-state index in [2.05, 4.69) is 10.3 Å². The van der Waals surface area contributed by atoms with Crippen molar-refractivity contribution in [1.29, 1.82) is 0 Å². The van der Waals surface area contributed by atoms with Crippen LogP contribution in [-0.4, -0.2) is 28.4 Å². The molecule has 21 heavy (non-hydrogen) atoms. The van der Waals surface area contributed by atoms with Crippen LogP contribution >= 0.6 is 0 Å². The molecule has 0 radical (unpaired) electrons. The number of aliphatic hydroxyl groups is 1. The third kappa shape index (κ3) is 7.09. The van der Waals surface area contributed by atoms with Gasteiger partial charge in [-0.1, -0.05) is 13.8 Å². The van der Waals surface area contributed by atoms with Crippen molar-refractivity contribution in [2.75, 3.05) is 11.9 Å². The van der Waals surface area contributed by atoms with Crippen LogP contribution in [0.2, 0.25) is 0 Å². The summed E-state index contributed by atoms with van der Waals surface area (Å²) in [6, 6.07) is 3.74. The maximum atomic E-state index is 11.7. The van der Waals surface area contributed by atoms with Crippen molar-refractivity contribution in [2.24, 2.45) is 5.41 Å². The van der Waals surface area contributed by atoms with E-state index in [0.717, 1.165) is 18.4 Å². The third-order valence-corrected chi connectivity index (χ3v) is 2.97. The zero-order valence-electron chi connectivity index (χ0n) is 13.6. The number of pyridine rings is 1. The van der Waals surface area contributed by atoms with Gasteiger partial charge in [0.2, 0.25) is 0 Å². The molecule has 0 aliphatic rings. The van der Waals surface area contributed by atoms with Gasteiger partial charge in [-0.2, -0.15) is 0 Å². The molecule has 0 spiro atoms. The Labute approximate surface area is 126 Å². The van der Waals surface area contributed by atoms with Gasteiger partial charge in [-0.25, -0.2) is 9.78 Å². The first-order valence-electron chi connectivity index (χ1n) is 7.17. The highest BCUT2D eigenvalue weighted by atomic mass is 16.6. The number of nitrogens with one attached hydrogen (secondary N) is 1. The first-order valence-corrected chi connectivity index (χ1v) is 7.17. The van der Waals surface area contributed by atoms with Gasteiger partial charge in [0.25, 0.3) is 0 Å². The molecule has 5 nitrogen and oxygen atoms in total. The molecule has 1 rings (SSSR count).